The van der Waals surface area contributed by atoms with Gasteiger partial charge in [0, 0.05) is 14.2 Å². The Morgan fingerprint density at radius 2 is 1.89 bits per heavy atom. The van der Waals surface area contributed by atoms with Crippen LogP contribution in [0.5, 0.6) is 5.75 Å². The fourth-order valence-electron chi connectivity index (χ4n) is 2.14. The van der Waals surface area contributed by atoms with Gasteiger partial charge in [-0.1, -0.05) is 0 Å². The van der Waals surface area contributed by atoms with Crippen LogP contribution in [0.15, 0.2) is 18.2 Å². The van der Waals surface area contributed by atoms with Gasteiger partial charge in [0.05, 0.1) is 31.5 Å². The molecule has 2 rings (SSSR count). The van der Waals surface area contributed by atoms with Crippen LogP contribution in [0.1, 0.15) is 10.4 Å². The summed E-state index contributed by atoms with van der Waals surface area (Å²) < 4.78 is 15.6. The zero-order valence-corrected chi connectivity index (χ0v) is 11.2. The van der Waals surface area contributed by atoms with Gasteiger partial charge in [0.15, 0.2) is 0 Å². The number of rotatable bonds is 5. The summed E-state index contributed by atoms with van der Waals surface area (Å²) in [6.45, 7) is 0.985. The maximum atomic E-state index is 11.3. The Kier molecular flexibility index (Phi) is 3.64. The molecule has 1 saturated heterocycles. The Morgan fingerprint density at radius 3 is 2.37 bits per heavy atom. The van der Waals surface area contributed by atoms with Crippen LogP contribution in [-0.2, 0) is 9.47 Å². The molecule has 0 saturated carbocycles. The Morgan fingerprint density at radius 1 is 1.26 bits per heavy atom. The summed E-state index contributed by atoms with van der Waals surface area (Å²) in [4.78, 5) is 13.2. The number of carboxylic acids is 1. The summed E-state index contributed by atoms with van der Waals surface area (Å²) in [6, 6.07) is 4.98. The number of carboxylic acid groups (broad SMARTS) is 1. The highest BCUT2D eigenvalue weighted by Crippen LogP contribution is 2.34. The van der Waals surface area contributed by atoms with Gasteiger partial charge in [-0.05, 0) is 18.2 Å². The minimum Gasteiger partial charge on any atom is -0.497 e. The van der Waals surface area contributed by atoms with Crippen molar-refractivity contribution in [3.8, 4) is 5.75 Å². The molecule has 1 fully saturated rings. The van der Waals surface area contributed by atoms with Gasteiger partial charge in [-0.25, -0.2) is 4.79 Å². The average Bonchev–Trinajstić information content (AvgIpc) is 2.38. The Labute approximate surface area is 111 Å². The summed E-state index contributed by atoms with van der Waals surface area (Å²) in [6.07, 6.45) is 0. The van der Waals surface area contributed by atoms with Crippen LogP contribution in [0, 0.1) is 0 Å². The van der Waals surface area contributed by atoms with E-state index in [2.05, 4.69) is 0 Å². The molecule has 1 heterocycles. The normalized spacial score (nSPS) is 16.9. The molecule has 0 atom stereocenters. The molecule has 1 aliphatic rings. The molecule has 0 amide bonds. The van der Waals surface area contributed by atoms with E-state index in [9.17, 15) is 9.90 Å². The van der Waals surface area contributed by atoms with E-state index >= 15 is 0 Å². The molecule has 6 heteroatoms. The summed E-state index contributed by atoms with van der Waals surface area (Å²) in [5, 5.41) is 9.25. The maximum absolute atomic E-state index is 11.3. The first kappa shape index (κ1) is 13.6. The molecule has 1 aromatic carbocycles. The smallest absolute Gasteiger partial charge is 0.337 e. The van der Waals surface area contributed by atoms with Crippen LogP contribution < -0.4 is 9.64 Å². The van der Waals surface area contributed by atoms with Gasteiger partial charge in [0.2, 0.25) is 5.79 Å². The number of anilines is 1. The van der Waals surface area contributed by atoms with Gasteiger partial charge in [-0.2, -0.15) is 0 Å². The molecule has 1 aliphatic heterocycles. The maximum Gasteiger partial charge on any atom is 0.337 e. The molecule has 104 valence electrons. The quantitative estimate of drug-likeness (QED) is 0.809. The summed E-state index contributed by atoms with van der Waals surface area (Å²) in [5.41, 5.74) is 0.846. The highest BCUT2D eigenvalue weighted by atomic mass is 16.7. The van der Waals surface area contributed by atoms with Gasteiger partial charge >= 0.3 is 5.97 Å². The molecule has 19 heavy (non-hydrogen) atoms. The van der Waals surface area contributed by atoms with Crippen molar-refractivity contribution in [3.63, 3.8) is 0 Å². The Hall–Kier alpha value is -1.79. The number of nitrogens with zero attached hydrogens (tertiary/aromatic N) is 1. The van der Waals surface area contributed by atoms with Gasteiger partial charge in [-0.3, -0.25) is 0 Å². The standard InChI is InChI=1S/C13H17NO5/c1-17-9-4-5-11(10(6-9)12(15)16)14-7-13(8-14,18-2)19-3/h4-6H,7-8H2,1-3H3,(H,15,16). The van der Waals surface area contributed by atoms with E-state index < -0.39 is 11.8 Å². The number of ether oxygens (including phenoxy) is 3. The summed E-state index contributed by atoms with van der Waals surface area (Å²) in [5.74, 6) is -1.11. The molecular formula is C13H17NO5. The van der Waals surface area contributed by atoms with Crippen LogP contribution in [0.2, 0.25) is 0 Å². The second-order valence-corrected chi connectivity index (χ2v) is 4.36. The van der Waals surface area contributed by atoms with Crippen molar-refractivity contribution in [1.82, 2.24) is 0 Å². The number of aromatic carboxylic acids is 1. The highest BCUT2D eigenvalue weighted by molar-refractivity contribution is 5.95. The van der Waals surface area contributed by atoms with Gasteiger partial charge in [0.1, 0.15) is 5.75 Å². The molecule has 0 unspecified atom stereocenters. The Balaban J connectivity index is 2.25. The molecule has 0 bridgehead atoms. The van der Waals surface area contributed by atoms with E-state index in [1.165, 1.54) is 13.2 Å². The minimum atomic E-state index is -0.985. The second kappa shape index (κ2) is 5.07. The number of hydrogen-bond donors (Lipinski definition) is 1. The molecule has 0 radical (unpaired) electrons. The first-order valence-electron chi connectivity index (χ1n) is 5.82. The topological polar surface area (TPSA) is 68.2 Å². The lowest BCUT2D eigenvalue weighted by Gasteiger charge is -2.49. The van der Waals surface area contributed by atoms with Crippen LogP contribution in [0.25, 0.3) is 0 Å². The van der Waals surface area contributed by atoms with Gasteiger partial charge in [-0.15, -0.1) is 0 Å². The first-order valence-corrected chi connectivity index (χ1v) is 5.82. The van der Waals surface area contributed by atoms with Crippen molar-refractivity contribution < 1.29 is 24.1 Å². The van der Waals surface area contributed by atoms with E-state index in [-0.39, 0.29) is 5.56 Å². The SMILES string of the molecule is COc1ccc(N2CC(OC)(OC)C2)c(C(=O)O)c1. The van der Waals surface area contributed by atoms with Crippen molar-refractivity contribution in [3.05, 3.63) is 23.8 Å². The van der Waals surface area contributed by atoms with Crippen molar-refractivity contribution in [2.75, 3.05) is 39.3 Å². The number of carbonyl (C=O) groups is 1. The lowest BCUT2D eigenvalue weighted by atomic mass is 10.0. The molecule has 0 spiro atoms. The molecule has 0 aromatic heterocycles. The number of methoxy groups -OCH3 is 3. The minimum absolute atomic E-state index is 0.208. The third kappa shape index (κ3) is 2.36. The summed E-state index contributed by atoms with van der Waals surface area (Å²) in [7, 11) is 4.66. The highest BCUT2D eigenvalue weighted by Gasteiger charge is 2.44. The lowest BCUT2D eigenvalue weighted by molar-refractivity contribution is -0.219. The second-order valence-electron chi connectivity index (χ2n) is 4.36. The van der Waals surface area contributed by atoms with Crippen molar-refractivity contribution in [1.29, 1.82) is 0 Å². The van der Waals surface area contributed by atoms with E-state index in [1.807, 2.05) is 4.90 Å². The molecule has 0 aliphatic carbocycles. The molecule has 6 nitrogen and oxygen atoms in total. The predicted octanol–water partition coefficient (Wildman–Crippen LogP) is 1.20. The molecule has 1 aromatic rings. The van der Waals surface area contributed by atoms with Gasteiger partial charge < -0.3 is 24.2 Å². The third-order valence-electron chi connectivity index (χ3n) is 3.38. The fourth-order valence-corrected chi connectivity index (χ4v) is 2.14. The van der Waals surface area contributed by atoms with Crippen LogP contribution in [-0.4, -0.2) is 51.3 Å². The third-order valence-corrected chi connectivity index (χ3v) is 3.38. The predicted molar refractivity (Wildman–Crippen MR) is 68.9 cm³/mol. The van der Waals surface area contributed by atoms with Crippen LogP contribution in [0.4, 0.5) is 5.69 Å². The lowest BCUT2D eigenvalue weighted by Crippen LogP contribution is -2.64. The molecule has 1 N–H and O–H groups in total. The zero-order chi connectivity index (χ0) is 14.0. The van der Waals surface area contributed by atoms with Crippen molar-refractivity contribution in [2.45, 2.75) is 5.79 Å². The van der Waals surface area contributed by atoms with E-state index in [0.717, 1.165) is 0 Å². The first-order chi connectivity index (χ1) is 9.05. The largest absolute Gasteiger partial charge is 0.497 e. The van der Waals surface area contributed by atoms with E-state index in [4.69, 9.17) is 14.2 Å². The van der Waals surface area contributed by atoms with Crippen molar-refractivity contribution >= 4 is 11.7 Å². The number of hydrogen-bond acceptors (Lipinski definition) is 5. The van der Waals surface area contributed by atoms with Gasteiger partial charge in [0.25, 0.3) is 0 Å². The van der Waals surface area contributed by atoms with E-state index in [0.29, 0.717) is 24.5 Å². The van der Waals surface area contributed by atoms with E-state index in [1.54, 1.807) is 26.4 Å². The monoisotopic (exact) mass is 267 g/mol. The average molecular weight is 267 g/mol. The Bertz CT molecular complexity index is 476. The number of benzene rings is 1. The van der Waals surface area contributed by atoms with Crippen molar-refractivity contribution in [2.24, 2.45) is 0 Å². The van der Waals surface area contributed by atoms with Crippen LogP contribution in [0.3, 0.4) is 0 Å². The van der Waals surface area contributed by atoms with Crippen LogP contribution >= 0.6 is 0 Å². The fraction of sp³-hybridized carbons (Fsp3) is 0.462. The zero-order valence-electron chi connectivity index (χ0n) is 11.2. The molecular weight excluding hydrogens is 250 g/mol. The summed E-state index contributed by atoms with van der Waals surface area (Å²) >= 11 is 0.